The molecule has 2 aromatic carbocycles. The normalized spacial score (nSPS) is 13.5. The topological polar surface area (TPSA) is 93.2 Å². The van der Waals surface area contributed by atoms with Gasteiger partial charge in [0, 0.05) is 25.2 Å². The van der Waals surface area contributed by atoms with E-state index < -0.39 is 56.4 Å². The van der Waals surface area contributed by atoms with Crippen molar-refractivity contribution in [2.45, 2.75) is 62.3 Å². The molecule has 0 fully saturated rings. The van der Waals surface area contributed by atoms with E-state index >= 15 is 0 Å². The summed E-state index contributed by atoms with van der Waals surface area (Å²) in [5.41, 5.74) is 0. The second kappa shape index (κ2) is 11.7. The van der Waals surface area contributed by atoms with E-state index in [-0.39, 0.29) is 22.9 Å². The van der Waals surface area contributed by atoms with Crippen molar-refractivity contribution in [2.24, 2.45) is 0 Å². The third kappa shape index (κ3) is 8.47. The molecule has 0 amide bonds. The number of ether oxygens (including phenoxy) is 2. The molecular weight excluding hydrogens is 566 g/mol. The maximum atomic E-state index is 13.2. The summed E-state index contributed by atoms with van der Waals surface area (Å²) in [6, 6.07) is 5.79. The van der Waals surface area contributed by atoms with Crippen molar-refractivity contribution in [3.05, 3.63) is 48.5 Å². The minimum Gasteiger partial charge on any atom is -0.406 e. The fourth-order valence-electron chi connectivity index (χ4n) is 3.41. The molecule has 0 aliphatic heterocycles. The first kappa shape index (κ1) is 31.7. The molecule has 0 atom stereocenters. The zero-order valence-electron chi connectivity index (χ0n) is 20.6. The first-order chi connectivity index (χ1) is 17.2. The van der Waals surface area contributed by atoms with E-state index in [1.807, 2.05) is 0 Å². The second-order valence-corrected chi connectivity index (χ2v) is 12.2. The average molecular weight is 593 g/mol. The molecule has 0 unspecified atom stereocenters. The van der Waals surface area contributed by atoms with Crippen LogP contribution in [-0.2, 0) is 20.0 Å². The smallest absolute Gasteiger partial charge is 0.406 e. The van der Waals surface area contributed by atoms with E-state index in [4.69, 9.17) is 0 Å². The van der Waals surface area contributed by atoms with Gasteiger partial charge in [-0.1, -0.05) is 0 Å². The van der Waals surface area contributed by atoms with E-state index in [1.54, 1.807) is 0 Å². The molecule has 8 nitrogen and oxygen atoms in total. The molecule has 0 saturated heterocycles. The highest BCUT2D eigenvalue weighted by atomic mass is 32.2. The van der Waals surface area contributed by atoms with Gasteiger partial charge in [-0.3, -0.25) is 0 Å². The first-order valence-corrected chi connectivity index (χ1v) is 13.9. The molecule has 0 spiro atoms. The van der Waals surface area contributed by atoms with Crippen molar-refractivity contribution in [2.75, 3.05) is 13.1 Å². The van der Waals surface area contributed by atoms with Crippen molar-refractivity contribution < 1.29 is 52.7 Å². The van der Waals surface area contributed by atoms with Crippen LogP contribution >= 0.6 is 0 Å². The summed E-state index contributed by atoms with van der Waals surface area (Å²) in [5.74, 6) is -1.23. The van der Waals surface area contributed by atoms with E-state index in [9.17, 15) is 43.2 Å². The van der Waals surface area contributed by atoms with Crippen molar-refractivity contribution in [3.8, 4) is 11.5 Å². The van der Waals surface area contributed by atoms with Gasteiger partial charge in [0.15, 0.2) is 0 Å². The fraction of sp³-hybridized carbons (Fsp3) is 0.455. The maximum Gasteiger partial charge on any atom is 0.573 e. The van der Waals surface area contributed by atoms with Gasteiger partial charge in [0.05, 0.1) is 9.79 Å². The maximum absolute atomic E-state index is 13.2. The van der Waals surface area contributed by atoms with Crippen LogP contribution in [0.2, 0.25) is 0 Å². The Balaban J connectivity index is 2.28. The largest absolute Gasteiger partial charge is 0.573 e. The number of rotatable bonds is 11. The van der Waals surface area contributed by atoms with Gasteiger partial charge in [0.1, 0.15) is 11.5 Å². The highest BCUT2D eigenvalue weighted by Gasteiger charge is 2.34. The van der Waals surface area contributed by atoms with Gasteiger partial charge >= 0.3 is 12.7 Å². The van der Waals surface area contributed by atoms with Crippen LogP contribution in [0.5, 0.6) is 11.5 Å². The molecule has 0 bridgehead atoms. The van der Waals surface area contributed by atoms with E-state index in [0.717, 1.165) is 57.1 Å². The third-order valence-electron chi connectivity index (χ3n) is 5.02. The van der Waals surface area contributed by atoms with Crippen LogP contribution in [0.25, 0.3) is 0 Å². The molecule has 0 radical (unpaired) electrons. The number of halogens is 6. The van der Waals surface area contributed by atoms with Crippen LogP contribution < -0.4 is 9.47 Å². The van der Waals surface area contributed by atoms with Crippen LogP contribution in [0.3, 0.4) is 0 Å². The average Bonchev–Trinajstić information content (AvgIpc) is 2.74. The van der Waals surface area contributed by atoms with Gasteiger partial charge in [-0.15, -0.1) is 26.3 Å². The summed E-state index contributed by atoms with van der Waals surface area (Å²) in [6.07, 6.45) is -9.91. The zero-order chi connectivity index (χ0) is 29.1. The van der Waals surface area contributed by atoms with Gasteiger partial charge in [-0.2, -0.15) is 8.61 Å². The molecule has 0 heterocycles. The Kier molecular flexibility index (Phi) is 9.72. The second-order valence-electron chi connectivity index (χ2n) is 8.46. The van der Waals surface area contributed by atoms with Gasteiger partial charge in [0.25, 0.3) is 0 Å². The molecule has 2 aromatic rings. The molecule has 0 aliphatic carbocycles. The Morgan fingerprint density at radius 1 is 0.605 bits per heavy atom. The van der Waals surface area contributed by atoms with Crippen molar-refractivity contribution in [3.63, 3.8) is 0 Å². The number of hydrogen-bond acceptors (Lipinski definition) is 6. The molecule has 0 aliphatic rings. The quantitative estimate of drug-likeness (QED) is 0.342. The van der Waals surface area contributed by atoms with Crippen molar-refractivity contribution >= 4 is 20.0 Å². The van der Waals surface area contributed by atoms with Crippen LogP contribution in [0, 0.1) is 0 Å². The molecule has 16 heteroatoms. The molecule has 214 valence electrons. The van der Waals surface area contributed by atoms with E-state index in [0.29, 0.717) is 0 Å². The van der Waals surface area contributed by atoms with E-state index in [2.05, 4.69) is 9.47 Å². The van der Waals surface area contributed by atoms with Gasteiger partial charge in [-0.05, 0) is 76.2 Å². The summed E-state index contributed by atoms with van der Waals surface area (Å²) in [7, 11) is -8.53. The molecule has 0 N–H and O–H groups in total. The monoisotopic (exact) mass is 592 g/mol. The Bertz CT molecular complexity index is 1180. The lowest BCUT2D eigenvalue weighted by Gasteiger charge is -2.31. The highest BCUT2D eigenvalue weighted by Crippen LogP contribution is 2.28. The SMILES string of the molecule is CC(C)N(CCN(C(C)C)S(=O)(=O)c1ccc(OC(F)(F)F)cc1)S(=O)(=O)c1ccc(OC(F)(F)F)cc1. The van der Waals surface area contributed by atoms with Crippen LogP contribution in [0.15, 0.2) is 58.3 Å². The summed E-state index contributed by atoms with van der Waals surface area (Å²) in [5, 5.41) is 0. The molecule has 38 heavy (non-hydrogen) atoms. The Labute approximate surface area is 216 Å². The lowest BCUT2D eigenvalue weighted by molar-refractivity contribution is -0.275. The van der Waals surface area contributed by atoms with Crippen LogP contribution in [0.1, 0.15) is 27.7 Å². The number of benzene rings is 2. The third-order valence-corrected chi connectivity index (χ3v) is 9.20. The van der Waals surface area contributed by atoms with Crippen molar-refractivity contribution in [1.82, 2.24) is 8.61 Å². The number of sulfonamides is 2. The van der Waals surface area contributed by atoms with Gasteiger partial charge in [-0.25, -0.2) is 16.8 Å². The highest BCUT2D eigenvalue weighted by molar-refractivity contribution is 7.89. The molecule has 0 aromatic heterocycles. The minimum atomic E-state index is -4.96. The molecular formula is C22H26F6N2O6S2. The summed E-state index contributed by atoms with van der Waals surface area (Å²) >= 11 is 0. The fourth-order valence-corrected chi connectivity index (χ4v) is 6.66. The molecule has 0 saturated carbocycles. The lowest BCUT2D eigenvalue weighted by Crippen LogP contribution is -2.46. The minimum absolute atomic E-state index is 0.326. The summed E-state index contributed by atoms with van der Waals surface area (Å²) in [4.78, 5) is -0.667. The predicted octanol–water partition coefficient (Wildman–Crippen LogP) is 4.98. The Morgan fingerprint density at radius 3 is 1.08 bits per heavy atom. The van der Waals surface area contributed by atoms with Crippen LogP contribution in [0.4, 0.5) is 26.3 Å². The van der Waals surface area contributed by atoms with E-state index in [1.165, 1.54) is 27.7 Å². The molecule has 2 rings (SSSR count). The predicted molar refractivity (Wildman–Crippen MR) is 124 cm³/mol. The standard InChI is InChI=1S/C22H26F6N2O6S2/c1-15(2)29(37(31,32)19-9-5-17(6-10-19)35-21(23,24)25)13-14-30(16(3)4)38(33,34)20-11-7-18(8-12-20)36-22(26,27)28/h5-12,15-16H,13-14H2,1-4H3. The number of nitrogens with zero attached hydrogens (tertiary/aromatic N) is 2. The lowest BCUT2D eigenvalue weighted by atomic mass is 10.3. The summed E-state index contributed by atoms with van der Waals surface area (Å²) in [6.45, 7) is 5.48. The summed E-state index contributed by atoms with van der Waals surface area (Å²) < 4.78 is 137. The van der Waals surface area contributed by atoms with Gasteiger partial charge < -0.3 is 9.47 Å². The van der Waals surface area contributed by atoms with Gasteiger partial charge in [0.2, 0.25) is 20.0 Å². The Hall–Kier alpha value is -2.56. The Morgan fingerprint density at radius 2 is 0.868 bits per heavy atom. The zero-order valence-corrected chi connectivity index (χ0v) is 22.2. The first-order valence-electron chi connectivity index (χ1n) is 11.0. The van der Waals surface area contributed by atoms with Crippen LogP contribution in [-0.4, -0.2) is 63.3 Å². The van der Waals surface area contributed by atoms with Crippen molar-refractivity contribution in [1.29, 1.82) is 0 Å². The number of alkyl halides is 6. The number of hydrogen-bond donors (Lipinski definition) is 0.